The number of likely N-dealkylation sites (tertiary alicyclic amines) is 1. The van der Waals surface area contributed by atoms with Gasteiger partial charge in [-0.3, -0.25) is 0 Å². The first-order valence-electron chi connectivity index (χ1n) is 7.69. The van der Waals surface area contributed by atoms with Crippen LogP contribution in [0.3, 0.4) is 0 Å². The third kappa shape index (κ3) is 3.06. The van der Waals surface area contributed by atoms with Crippen LogP contribution in [-0.2, 0) is 0 Å². The van der Waals surface area contributed by atoms with Gasteiger partial charge >= 0.3 is 6.03 Å². The lowest BCUT2D eigenvalue weighted by Crippen LogP contribution is -2.46. The fourth-order valence-corrected chi connectivity index (χ4v) is 3.47. The van der Waals surface area contributed by atoms with Crippen molar-refractivity contribution < 1.29 is 13.6 Å². The maximum absolute atomic E-state index is 14.0. The number of nitrogens with two attached hydrogens (primary N) is 1. The van der Waals surface area contributed by atoms with Gasteiger partial charge in [-0.2, -0.15) is 0 Å². The molecule has 1 aliphatic carbocycles. The predicted octanol–water partition coefficient (Wildman–Crippen LogP) is 2.17. The van der Waals surface area contributed by atoms with Crippen molar-refractivity contribution in [3.63, 3.8) is 0 Å². The van der Waals surface area contributed by atoms with E-state index in [1.807, 2.05) is 18.2 Å². The van der Waals surface area contributed by atoms with E-state index in [2.05, 4.69) is 10.2 Å². The van der Waals surface area contributed by atoms with Gasteiger partial charge in [0, 0.05) is 31.6 Å². The summed E-state index contributed by atoms with van der Waals surface area (Å²) in [5.74, 6) is -3.87. The van der Waals surface area contributed by atoms with Gasteiger partial charge in [0.15, 0.2) is 0 Å². The Balaban J connectivity index is 1.53. The van der Waals surface area contributed by atoms with Crippen LogP contribution >= 0.6 is 0 Å². The molecule has 2 amide bonds. The number of nitrogens with zero attached hydrogens (tertiary/aromatic N) is 1. The fourth-order valence-electron chi connectivity index (χ4n) is 3.47. The minimum atomic E-state index is -2.61. The zero-order valence-electron chi connectivity index (χ0n) is 12.3. The summed E-state index contributed by atoms with van der Waals surface area (Å²) in [7, 11) is 0. The first-order valence-corrected chi connectivity index (χ1v) is 7.69. The van der Waals surface area contributed by atoms with E-state index >= 15 is 0 Å². The number of hydrogen-bond donors (Lipinski definition) is 2. The molecule has 1 heterocycles. The van der Waals surface area contributed by atoms with Crippen LogP contribution in [0, 0.1) is 5.92 Å². The zero-order valence-corrected chi connectivity index (χ0v) is 12.3. The van der Waals surface area contributed by atoms with Crippen LogP contribution in [0.25, 0.3) is 0 Å². The van der Waals surface area contributed by atoms with E-state index in [0.717, 1.165) is 31.5 Å². The summed E-state index contributed by atoms with van der Waals surface area (Å²) in [4.78, 5) is 12.9. The summed E-state index contributed by atoms with van der Waals surface area (Å²) in [6.07, 6.45) is 1.52. The molecule has 1 aromatic rings. The number of urea groups is 1. The highest BCUT2D eigenvalue weighted by molar-refractivity contribution is 5.71. The maximum atomic E-state index is 14.0. The number of rotatable bonds is 4. The Morgan fingerprint density at radius 2 is 1.91 bits per heavy atom. The summed E-state index contributed by atoms with van der Waals surface area (Å²) in [5.41, 5.74) is 5.83. The summed E-state index contributed by atoms with van der Waals surface area (Å²) in [5, 5.41) is 2.69. The molecule has 3 N–H and O–H groups in total. The lowest BCUT2D eigenvalue weighted by molar-refractivity contribution is 0.0791. The van der Waals surface area contributed by atoms with Gasteiger partial charge in [-0.1, -0.05) is 30.3 Å². The van der Waals surface area contributed by atoms with E-state index in [1.165, 1.54) is 0 Å². The molecule has 1 aliphatic heterocycles. The Labute approximate surface area is 128 Å². The minimum absolute atomic E-state index is 0.0679. The van der Waals surface area contributed by atoms with Crippen molar-refractivity contribution in [2.45, 2.75) is 30.7 Å². The second-order valence-electron chi connectivity index (χ2n) is 6.25. The lowest BCUT2D eigenvalue weighted by atomic mass is 10.0. The number of alkyl halides is 2. The number of carbonyl (C=O) groups excluding carboxylic acids is 1. The molecule has 6 heteroatoms. The molecular weight excluding hydrogens is 288 g/mol. The van der Waals surface area contributed by atoms with Gasteiger partial charge in [-0.05, 0) is 18.4 Å². The Bertz CT molecular complexity index is 529. The van der Waals surface area contributed by atoms with Crippen LogP contribution in [0.4, 0.5) is 13.6 Å². The highest BCUT2D eigenvalue weighted by Gasteiger charge is 2.68. The molecule has 1 saturated heterocycles. The van der Waals surface area contributed by atoms with E-state index in [0.29, 0.717) is 6.54 Å². The number of piperidine rings is 1. The number of halogens is 2. The van der Waals surface area contributed by atoms with Crippen molar-refractivity contribution in [2.75, 3.05) is 19.6 Å². The quantitative estimate of drug-likeness (QED) is 0.895. The zero-order chi connectivity index (χ0) is 15.7. The van der Waals surface area contributed by atoms with Gasteiger partial charge in [0.2, 0.25) is 0 Å². The fraction of sp³-hybridized carbons (Fsp3) is 0.562. The van der Waals surface area contributed by atoms with E-state index in [-0.39, 0.29) is 6.04 Å². The second-order valence-corrected chi connectivity index (χ2v) is 6.25. The van der Waals surface area contributed by atoms with Crippen molar-refractivity contribution in [1.29, 1.82) is 0 Å². The standard InChI is InChI=1S/C16H21F2N3O/c17-16(18)13(14(16)11-4-2-1-3-5-11)10-21-8-6-12(7-9-21)20-15(19)22/h1-5,12-14H,6-10H2,(H3,19,20,22)/t13-,14-/m1/s1. The summed E-state index contributed by atoms with van der Waals surface area (Å²) < 4.78 is 28.1. The van der Waals surface area contributed by atoms with Gasteiger partial charge in [-0.15, -0.1) is 0 Å². The van der Waals surface area contributed by atoms with Gasteiger partial charge in [-0.25, -0.2) is 13.6 Å². The highest BCUT2D eigenvalue weighted by Crippen LogP contribution is 2.61. The van der Waals surface area contributed by atoms with Crippen LogP contribution in [0.15, 0.2) is 30.3 Å². The molecule has 2 atom stereocenters. The summed E-state index contributed by atoms with van der Waals surface area (Å²) in [6, 6.07) is 8.57. The number of primary amides is 1. The smallest absolute Gasteiger partial charge is 0.312 e. The SMILES string of the molecule is NC(=O)NC1CCN(C[C@@H]2[C@@H](c3ccccc3)C2(F)F)CC1. The molecule has 1 saturated carbocycles. The number of hydrogen-bond acceptors (Lipinski definition) is 2. The number of benzene rings is 1. The molecule has 0 aromatic heterocycles. The molecule has 0 spiro atoms. The molecule has 4 nitrogen and oxygen atoms in total. The Kier molecular flexibility index (Phi) is 4.04. The molecule has 2 fully saturated rings. The molecule has 22 heavy (non-hydrogen) atoms. The van der Waals surface area contributed by atoms with Gasteiger partial charge in [0.25, 0.3) is 5.92 Å². The molecule has 0 bridgehead atoms. The van der Waals surface area contributed by atoms with Crippen molar-refractivity contribution in [3.8, 4) is 0 Å². The number of carbonyl (C=O) groups is 1. The van der Waals surface area contributed by atoms with Gasteiger partial charge in [0.05, 0.1) is 5.92 Å². The predicted molar refractivity (Wildman–Crippen MR) is 79.8 cm³/mol. The van der Waals surface area contributed by atoms with Crippen LogP contribution < -0.4 is 11.1 Å². The number of nitrogens with one attached hydrogen (secondary N) is 1. The van der Waals surface area contributed by atoms with E-state index in [9.17, 15) is 13.6 Å². The highest BCUT2D eigenvalue weighted by atomic mass is 19.3. The topological polar surface area (TPSA) is 58.4 Å². The minimum Gasteiger partial charge on any atom is -0.352 e. The third-order valence-corrected chi connectivity index (χ3v) is 4.75. The second kappa shape index (κ2) is 5.83. The first-order chi connectivity index (χ1) is 10.5. The molecule has 1 aromatic carbocycles. The van der Waals surface area contributed by atoms with Crippen molar-refractivity contribution in [1.82, 2.24) is 10.2 Å². The van der Waals surface area contributed by atoms with E-state index in [1.54, 1.807) is 12.1 Å². The average Bonchev–Trinajstić information content (AvgIpc) is 3.02. The van der Waals surface area contributed by atoms with Gasteiger partial charge < -0.3 is 16.0 Å². The molecular formula is C16H21F2N3O. The summed E-state index contributed by atoms with van der Waals surface area (Å²) >= 11 is 0. The van der Waals surface area contributed by atoms with Crippen LogP contribution in [-0.4, -0.2) is 42.5 Å². The van der Waals surface area contributed by atoms with Gasteiger partial charge in [0.1, 0.15) is 0 Å². The monoisotopic (exact) mass is 309 g/mol. The van der Waals surface area contributed by atoms with Crippen molar-refractivity contribution >= 4 is 6.03 Å². The normalized spacial score (nSPS) is 28.3. The lowest BCUT2D eigenvalue weighted by Gasteiger charge is -2.32. The molecule has 0 unspecified atom stereocenters. The Hall–Kier alpha value is -1.69. The molecule has 3 rings (SSSR count). The Morgan fingerprint density at radius 1 is 1.27 bits per heavy atom. The largest absolute Gasteiger partial charge is 0.352 e. The van der Waals surface area contributed by atoms with Crippen LogP contribution in [0.1, 0.15) is 24.3 Å². The number of amides is 2. The maximum Gasteiger partial charge on any atom is 0.312 e. The summed E-state index contributed by atoms with van der Waals surface area (Å²) in [6.45, 7) is 1.86. The third-order valence-electron chi connectivity index (χ3n) is 4.75. The Morgan fingerprint density at radius 3 is 2.50 bits per heavy atom. The van der Waals surface area contributed by atoms with Crippen LogP contribution in [0.2, 0.25) is 0 Å². The van der Waals surface area contributed by atoms with E-state index in [4.69, 9.17) is 5.73 Å². The van der Waals surface area contributed by atoms with Crippen LogP contribution in [0.5, 0.6) is 0 Å². The van der Waals surface area contributed by atoms with E-state index < -0.39 is 23.8 Å². The first kappa shape index (κ1) is 15.2. The molecule has 120 valence electrons. The van der Waals surface area contributed by atoms with Crippen molar-refractivity contribution in [2.24, 2.45) is 11.7 Å². The molecule has 2 aliphatic rings. The van der Waals surface area contributed by atoms with Crippen molar-refractivity contribution in [3.05, 3.63) is 35.9 Å². The average molecular weight is 309 g/mol. The molecule has 0 radical (unpaired) electrons.